The molecule has 1 rings (SSSR count). The van der Waals surface area contributed by atoms with E-state index in [9.17, 15) is 9.90 Å². The molecule has 6 N–H and O–H groups in total. The molecule has 162 valence electrons. The summed E-state index contributed by atoms with van der Waals surface area (Å²) in [5, 5.41) is 30.3. The van der Waals surface area contributed by atoms with Crippen molar-refractivity contribution in [3.63, 3.8) is 0 Å². The van der Waals surface area contributed by atoms with Crippen molar-refractivity contribution in [1.29, 1.82) is 0 Å². The van der Waals surface area contributed by atoms with Gasteiger partial charge in [0.1, 0.15) is 11.3 Å². The average Bonchev–Trinajstić information content (AvgIpc) is 2.61. The molecule has 1 unspecified atom stereocenters. The number of hydrogen-bond acceptors (Lipinski definition) is 6. The van der Waals surface area contributed by atoms with Gasteiger partial charge >= 0.3 is 13.1 Å². The second-order valence-electron chi connectivity index (χ2n) is 6.64. The molecule has 0 bridgehead atoms. The first-order chi connectivity index (χ1) is 12.4. The Morgan fingerprint density at radius 3 is 2.50 bits per heavy atom. The van der Waals surface area contributed by atoms with Crippen LogP contribution in [-0.2, 0) is 11.2 Å². The smallest absolute Gasteiger partial charge is 0.451 e. The van der Waals surface area contributed by atoms with Crippen molar-refractivity contribution >= 4 is 37.9 Å². The molecular formula is C18H33BCl2N2O5. The molecule has 0 aliphatic carbocycles. The highest BCUT2D eigenvalue weighted by Crippen LogP contribution is 2.17. The fraction of sp³-hybridized carbons (Fsp3) is 0.611. The Hall–Kier alpha value is -1.03. The maximum Gasteiger partial charge on any atom is 0.451 e. The van der Waals surface area contributed by atoms with Crippen LogP contribution in [0.25, 0.3) is 0 Å². The van der Waals surface area contributed by atoms with Crippen LogP contribution in [0.4, 0.5) is 0 Å². The van der Waals surface area contributed by atoms with Gasteiger partial charge in [-0.25, -0.2) is 0 Å². The number of hydrogen-bond donors (Lipinski definition) is 5. The molecule has 1 aromatic carbocycles. The van der Waals surface area contributed by atoms with Crippen LogP contribution in [0.2, 0.25) is 6.32 Å². The van der Waals surface area contributed by atoms with Crippen LogP contribution in [0.1, 0.15) is 37.7 Å². The van der Waals surface area contributed by atoms with Gasteiger partial charge in [0, 0.05) is 0 Å². The quantitative estimate of drug-likeness (QED) is 0.222. The number of unbranched alkanes of at least 4 members (excludes halogenated alkanes) is 1. The van der Waals surface area contributed by atoms with Gasteiger partial charge in [0.2, 0.25) is 0 Å². The van der Waals surface area contributed by atoms with Crippen molar-refractivity contribution < 1.29 is 24.7 Å². The third-order valence-corrected chi connectivity index (χ3v) is 4.46. The molecule has 1 aromatic rings. The first kappa shape index (κ1) is 29.2. The second-order valence-corrected chi connectivity index (χ2v) is 6.64. The van der Waals surface area contributed by atoms with Crippen LogP contribution in [0.15, 0.2) is 24.3 Å². The minimum atomic E-state index is -1.35. The van der Waals surface area contributed by atoms with E-state index >= 15 is 0 Å². The predicted molar refractivity (Wildman–Crippen MR) is 117 cm³/mol. The Kier molecular flexibility index (Phi) is 16.5. The summed E-state index contributed by atoms with van der Waals surface area (Å²) in [5.41, 5.74) is 5.94. The summed E-state index contributed by atoms with van der Waals surface area (Å²) in [6, 6.07) is 7.95. The number of benzene rings is 1. The van der Waals surface area contributed by atoms with Gasteiger partial charge in [0.15, 0.2) is 0 Å². The number of carboxylic acids is 1. The van der Waals surface area contributed by atoms with E-state index in [0.29, 0.717) is 32.2 Å². The zero-order valence-corrected chi connectivity index (χ0v) is 17.9. The van der Waals surface area contributed by atoms with Gasteiger partial charge in [-0.15, -0.1) is 24.8 Å². The zero-order chi connectivity index (χ0) is 19.4. The molecule has 0 spiro atoms. The van der Waals surface area contributed by atoms with Gasteiger partial charge in [0.25, 0.3) is 0 Å². The Balaban J connectivity index is 0. The van der Waals surface area contributed by atoms with Gasteiger partial charge in [-0.3, -0.25) is 4.79 Å². The van der Waals surface area contributed by atoms with Crippen LogP contribution in [0.3, 0.4) is 0 Å². The lowest BCUT2D eigenvalue weighted by Gasteiger charge is -2.25. The highest BCUT2D eigenvalue weighted by molar-refractivity contribution is 6.40. The average molecular weight is 439 g/mol. The van der Waals surface area contributed by atoms with E-state index in [1.807, 2.05) is 18.2 Å². The predicted octanol–water partition coefficient (Wildman–Crippen LogP) is 1.88. The summed E-state index contributed by atoms with van der Waals surface area (Å²) in [6.45, 7) is 1.31. The summed E-state index contributed by atoms with van der Waals surface area (Å²) in [5.74, 6) is -0.168. The molecule has 0 aromatic heterocycles. The van der Waals surface area contributed by atoms with E-state index in [0.717, 1.165) is 25.1 Å². The fourth-order valence-electron chi connectivity index (χ4n) is 2.79. The number of halogens is 2. The van der Waals surface area contributed by atoms with Gasteiger partial charge in [0.05, 0.1) is 7.11 Å². The number of aliphatic carboxylic acids is 1. The van der Waals surface area contributed by atoms with Crippen molar-refractivity contribution in [2.75, 3.05) is 20.2 Å². The number of methoxy groups -OCH3 is 1. The van der Waals surface area contributed by atoms with Crippen LogP contribution >= 0.6 is 24.8 Å². The molecule has 0 aliphatic rings. The van der Waals surface area contributed by atoms with Crippen molar-refractivity contribution in [2.24, 2.45) is 5.73 Å². The lowest BCUT2D eigenvalue weighted by molar-refractivity contribution is -0.143. The summed E-state index contributed by atoms with van der Waals surface area (Å²) < 4.78 is 5.20. The highest BCUT2D eigenvalue weighted by atomic mass is 35.5. The molecule has 0 saturated carbocycles. The fourth-order valence-corrected chi connectivity index (χ4v) is 2.79. The highest BCUT2D eigenvalue weighted by Gasteiger charge is 2.32. The molecule has 0 heterocycles. The van der Waals surface area contributed by atoms with Crippen LogP contribution in [0.5, 0.6) is 5.75 Å². The largest absolute Gasteiger partial charge is 0.497 e. The zero-order valence-electron chi connectivity index (χ0n) is 16.3. The van der Waals surface area contributed by atoms with E-state index in [1.165, 1.54) is 5.56 Å². The summed E-state index contributed by atoms with van der Waals surface area (Å²) in [6.07, 6.45) is 3.84. The number of carbonyl (C=O) groups is 1. The van der Waals surface area contributed by atoms with Crippen molar-refractivity contribution in [3.05, 3.63) is 29.8 Å². The van der Waals surface area contributed by atoms with Crippen molar-refractivity contribution in [3.8, 4) is 5.75 Å². The molecule has 0 aliphatic heterocycles. The maximum absolute atomic E-state index is 11.5. The molecule has 0 saturated heterocycles. The van der Waals surface area contributed by atoms with E-state index in [4.69, 9.17) is 20.5 Å². The number of nitrogens with one attached hydrogen (secondary N) is 1. The molecule has 7 nitrogen and oxygen atoms in total. The Morgan fingerprint density at radius 1 is 1.18 bits per heavy atom. The first-order valence-corrected chi connectivity index (χ1v) is 9.09. The Morgan fingerprint density at radius 2 is 1.89 bits per heavy atom. The molecule has 1 atom stereocenters. The monoisotopic (exact) mass is 438 g/mol. The normalized spacial score (nSPS) is 12.3. The van der Waals surface area contributed by atoms with Crippen molar-refractivity contribution in [1.82, 2.24) is 5.32 Å². The van der Waals surface area contributed by atoms with Crippen molar-refractivity contribution in [2.45, 2.75) is 50.4 Å². The molecule has 0 fully saturated rings. The third-order valence-electron chi connectivity index (χ3n) is 4.46. The van der Waals surface area contributed by atoms with Gasteiger partial charge in [-0.1, -0.05) is 25.0 Å². The number of nitrogens with two attached hydrogens (primary N) is 1. The SMILES string of the molecule is COc1cccc(CCCNCCC(N)(CCCCB(O)O)C(=O)O)c1.Cl.Cl. The summed E-state index contributed by atoms with van der Waals surface area (Å²) in [4.78, 5) is 11.5. The molecular weight excluding hydrogens is 406 g/mol. The van der Waals surface area contributed by atoms with Gasteiger partial charge < -0.3 is 30.9 Å². The van der Waals surface area contributed by atoms with Gasteiger partial charge in [-0.05, 0) is 62.8 Å². The van der Waals surface area contributed by atoms with E-state index in [-0.39, 0.29) is 31.1 Å². The lowest BCUT2D eigenvalue weighted by atomic mass is 9.81. The Bertz CT molecular complexity index is 554. The second kappa shape index (κ2) is 15.8. The van der Waals surface area contributed by atoms with E-state index in [2.05, 4.69) is 11.4 Å². The minimum absolute atomic E-state index is 0. The lowest BCUT2D eigenvalue weighted by Crippen LogP contribution is -2.49. The number of rotatable bonds is 14. The van der Waals surface area contributed by atoms with Crippen LogP contribution < -0.4 is 15.8 Å². The van der Waals surface area contributed by atoms with Crippen LogP contribution in [0, 0.1) is 0 Å². The van der Waals surface area contributed by atoms with Gasteiger partial charge in [-0.2, -0.15) is 0 Å². The number of carboxylic acid groups (broad SMARTS) is 1. The summed E-state index contributed by atoms with van der Waals surface area (Å²) >= 11 is 0. The van der Waals surface area contributed by atoms with E-state index < -0.39 is 18.6 Å². The van der Waals surface area contributed by atoms with Crippen LogP contribution in [-0.4, -0.2) is 54.0 Å². The molecule has 0 amide bonds. The molecule has 10 heteroatoms. The standard InChI is InChI=1S/C18H31BN2O5.2ClH/c1-26-16-8-4-6-15(14-16)7-5-12-21-13-10-18(20,17(22)23)9-2-3-11-19(24)25;;/h4,6,8,14,21,24-25H,2-3,5,7,9-13,20H2,1H3,(H,22,23);2*1H. The topological polar surface area (TPSA) is 125 Å². The first-order valence-electron chi connectivity index (χ1n) is 9.09. The minimum Gasteiger partial charge on any atom is -0.497 e. The molecule has 28 heavy (non-hydrogen) atoms. The number of aryl methyl sites for hydroxylation is 1. The maximum atomic E-state index is 11.5. The Labute approximate surface area is 180 Å². The van der Waals surface area contributed by atoms with E-state index in [1.54, 1.807) is 7.11 Å². The molecule has 0 radical (unpaired) electrons. The number of ether oxygens (including phenoxy) is 1. The third kappa shape index (κ3) is 11.7. The summed E-state index contributed by atoms with van der Waals surface area (Å²) in [7, 11) is 0.298.